The van der Waals surface area contributed by atoms with Gasteiger partial charge in [-0.2, -0.15) is 0 Å². The Morgan fingerprint density at radius 2 is 0.333 bits per heavy atom. The normalized spacial score (nSPS) is 0. The summed E-state index contributed by atoms with van der Waals surface area (Å²) in [5.74, 6) is 0. The molecule has 0 saturated carbocycles. The van der Waals surface area contributed by atoms with Gasteiger partial charge >= 0.3 is 88.7 Å². The van der Waals surface area contributed by atoms with Gasteiger partial charge in [-0.15, -0.1) is 0 Å². The van der Waals surface area contributed by atoms with E-state index in [2.05, 4.69) is 0 Å². The molecule has 0 amide bonds. The first-order valence-electron chi connectivity index (χ1n) is 0. The second kappa shape index (κ2) is 146. The first-order chi connectivity index (χ1) is 0. The second-order valence-corrected chi connectivity index (χ2v) is 0. The molecule has 0 atom stereocenters. The van der Waals surface area contributed by atoms with Crippen LogP contribution in [-0.4, -0.2) is 0 Å². The summed E-state index contributed by atoms with van der Waals surface area (Å²) in [5, 5.41) is 0. The van der Waals surface area contributed by atoms with Crippen molar-refractivity contribution in [2.75, 3.05) is 0 Å². The molecule has 0 N–H and O–H groups in total. The zero-order valence-corrected chi connectivity index (χ0v) is 11.4. The van der Waals surface area contributed by atoms with Crippen molar-refractivity contribution < 1.29 is 117 Å². The van der Waals surface area contributed by atoms with Gasteiger partial charge in [0.2, 0.25) is 0 Å². The molecule has 0 aromatic carbocycles. The van der Waals surface area contributed by atoms with Crippen molar-refractivity contribution in [3.05, 3.63) is 0 Å². The number of hydrogen-bond donors (Lipinski definition) is 0. The third kappa shape index (κ3) is 117. The minimum absolute atomic E-state index is 0. The van der Waals surface area contributed by atoms with Crippen molar-refractivity contribution in [2.24, 2.45) is 0 Å². The van der Waals surface area contributed by atoms with Crippen molar-refractivity contribution in [2.45, 2.75) is 0 Å². The second-order valence-electron chi connectivity index (χ2n) is 0. The van der Waals surface area contributed by atoms with Crippen molar-refractivity contribution in [1.82, 2.24) is 0 Å². The molecule has 0 aromatic heterocycles. The van der Waals surface area contributed by atoms with Crippen molar-refractivity contribution >= 4 is 0 Å². The van der Waals surface area contributed by atoms with Crippen LogP contribution in [0.25, 0.3) is 0 Å². The van der Waals surface area contributed by atoms with E-state index in [-0.39, 0.29) is 117 Å². The zero-order chi connectivity index (χ0) is 0. The molecule has 0 aliphatic rings. The van der Waals surface area contributed by atoms with E-state index in [1.807, 2.05) is 0 Å². The van der Waals surface area contributed by atoms with Gasteiger partial charge in [0.15, 0.2) is 0 Å². The van der Waals surface area contributed by atoms with Gasteiger partial charge in [0.05, 0.1) is 0 Å². The molecule has 0 heterocycles. The van der Waals surface area contributed by atoms with Crippen LogP contribution < -0.4 is 103 Å². The summed E-state index contributed by atoms with van der Waals surface area (Å²) in [4.78, 5) is 0. The Morgan fingerprint density at radius 1 is 0.333 bits per heavy atom. The Kier molecular flexibility index (Phi) is 3160. The maximum Gasteiger partial charge on any atom is 1.00 e. The van der Waals surface area contributed by atoms with E-state index < -0.39 is 0 Å². The molecule has 0 saturated heterocycles. The molecule has 0 bridgehead atoms. The third-order valence-corrected chi connectivity index (χ3v) is 0. The number of halogens is 6. The van der Waals surface area contributed by atoms with E-state index in [0.29, 0.717) is 0 Å². The van der Waals surface area contributed by atoms with Crippen LogP contribution in [0.3, 0.4) is 0 Å². The summed E-state index contributed by atoms with van der Waals surface area (Å²) in [6.45, 7) is 0. The molecule has 0 aliphatic carbocycles. The largest absolute Gasteiger partial charge is 1.00 e. The van der Waals surface area contributed by atoms with Crippen LogP contribution in [-0.2, 0) is 0 Å². The molecular weight excluding hydrogens is 183 g/mol. The van der Waals surface area contributed by atoms with E-state index in [1.165, 1.54) is 0 Å². The Bertz CT molecular complexity index is 8.26. The van der Waals surface area contributed by atoms with Gasteiger partial charge in [-0.25, -0.2) is 0 Å². The monoisotopic (exact) mass is 186 g/mol. The summed E-state index contributed by atoms with van der Waals surface area (Å²) in [7, 11) is 0. The average molecular weight is 186 g/mol. The van der Waals surface area contributed by atoms with Crippen molar-refractivity contribution in [1.29, 1.82) is 0 Å². The molecule has 0 unspecified atom stereocenters. The number of hydrogen-bond acceptors (Lipinski definition) is 0. The minimum Gasteiger partial charge on any atom is -1.00 e. The first-order valence-corrected chi connectivity index (χ1v) is 0. The Morgan fingerprint density at radius 3 is 0.333 bits per heavy atom. The van der Waals surface area contributed by atoms with Gasteiger partial charge in [0.25, 0.3) is 0 Å². The maximum atomic E-state index is 0. The molecule has 0 aromatic rings. The van der Waals surface area contributed by atoms with Crippen LogP contribution in [0.5, 0.6) is 0 Å². The van der Waals surface area contributed by atoms with Gasteiger partial charge in [-0.1, -0.05) is 0 Å². The minimum atomic E-state index is 0. The van der Waals surface area contributed by atoms with Crippen LogP contribution in [0.1, 0.15) is 0 Å². The summed E-state index contributed by atoms with van der Waals surface area (Å²) in [6.07, 6.45) is 0. The average Bonchev–Trinajstić information content (AvgIpc) is 0. The standard InChI is InChI=1S/6FH.3Na/h6*1H;;;/q;;;;;;3*+1/p-3. The van der Waals surface area contributed by atoms with E-state index in [1.54, 1.807) is 0 Å². The SMILES string of the molecule is F.F.F.[F-].[F-].[F-].[Na+].[Na+].[Na+]. The van der Waals surface area contributed by atoms with Gasteiger partial charge in [0, 0.05) is 0 Å². The Labute approximate surface area is 115 Å². The molecule has 9 heteroatoms. The molecular formula is H3F6Na3. The summed E-state index contributed by atoms with van der Waals surface area (Å²) < 4.78 is 0. The van der Waals surface area contributed by atoms with Crippen LogP contribution in [0.4, 0.5) is 14.1 Å². The van der Waals surface area contributed by atoms with Crippen LogP contribution in [0.15, 0.2) is 0 Å². The predicted octanol–water partition coefficient (Wildman–Crippen LogP) is -17.5. The zero-order valence-electron chi connectivity index (χ0n) is 5.36. The molecule has 9 heavy (non-hydrogen) atoms. The maximum absolute atomic E-state index is 0. The fraction of sp³-hybridized carbons (Fsp3) is 0. The fourth-order valence-corrected chi connectivity index (χ4v) is 0. The van der Waals surface area contributed by atoms with E-state index >= 15 is 0 Å². The van der Waals surface area contributed by atoms with Crippen LogP contribution >= 0.6 is 0 Å². The first kappa shape index (κ1) is 195. The van der Waals surface area contributed by atoms with E-state index in [9.17, 15) is 0 Å². The molecule has 0 nitrogen and oxygen atoms in total. The Balaban J connectivity index is 0. The quantitative estimate of drug-likeness (QED) is 0.260. The predicted molar refractivity (Wildman–Crippen MR) is 7.51 cm³/mol. The Hall–Kier alpha value is 2.58. The molecule has 0 fully saturated rings. The third-order valence-electron chi connectivity index (χ3n) is 0. The topological polar surface area (TPSA) is 0 Å². The van der Waals surface area contributed by atoms with Crippen molar-refractivity contribution in [3.63, 3.8) is 0 Å². The van der Waals surface area contributed by atoms with E-state index in [4.69, 9.17) is 0 Å². The fourth-order valence-electron chi connectivity index (χ4n) is 0. The van der Waals surface area contributed by atoms with Gasteiger partial charge in [0.1, 0.15) is 0 Å². The number of rotatable bonds is 0. The summed E-state index contributed by atoms with van der Waals surface area (Å²) >= 11 is 0. The summed E-state index contributed by atoms with van der Waals surface area (Å²) in [5.41, 5.74) is 0. The smallest absolute Gasteiger partial charge is 1.00 e. The van der Waals surface area contributed by atoms with Crippen LogP contribution in [0.2, 0.25) is 0 Å². The molecule has 0 aliphatic heterocycles. The van der Waals surface area contributed by atoms with Gasteiger partial charge < -0.3 is 14.1 Å². The van der Waals surface area contributed by atoms with Crippen LogP contribution in [0, 0.1) is 0 Å². The van der Waals surface area contributed by atoms with E-state index in [0.717, 1.165) is 0 Å². The van der Waals surface area contributed by atoms with Crippen molar-refractivity contribution in [3.8, 4) is 0 Å². The summed E-state index contributed by atoms with van der Waals surface area (Å²) in [6, 6.07) is 0. The van der Waals surface area contributed by atoms with Gasteiger partial charge in [-0.3, -0.25) is 14.1 Å². The molecule has 0 radical (unpaired) electrons. The van der Waals surface area contributed by atoms with Gasteiger partial charge in [-0.05, 0) is 0 Å². The molecule has 0 spiro atoms. The molecule has 0 rings (SSSR count). The molecule has 48 valence electrons.